The van der Waals surface area contributed by atoms with E-state index in [9.17, 15) is 4.79 Å². The molecule has 0 aromatic rings. The van der Waals surface area contributed by atoms with E-state index < -0.39 is 0 Å². The molecule has 2 heteroatoms. The average Bonchev–Trinajstić information content (AvgIpc) is 2.42. The van der Waals surface area contributed by atoms with E-state index in [0.717, 1.165) is 6.42 Å². The van der Waals surface area contributed by atoms with E-state index in [2.05, 4.69) is 26.8 Å². The highest BCUT2D eigenvalue weighted by Gasteiger charge is 2.48. The van der Waals surface area contributed by atoms with Crippen molar-refractivity contribution in [3.05, 3.63) is 11.6 Å². The summed E-state index contributed by atoms with van der Waals surface area (Å²) in [6, 6.07) is 0. The van der Waals surface area contributed by atoms with Crippen LogP contribution in [0.5, 0.6) is 0 Å². The van der Waals surface area contributed by atoms with Gasteiger partial charge in [-0.3, -0.25) is 4.79 Å². The molecule has 0 amide bonds. The number of ether oxygens (including phenoxy) is 1. The van der Waals surface area contributed by atoms with Crippen molar-refractivity contribution >= 4 is 5.97 Å². The summed E-state index contributed by atoms with van der Waals surface area (Å²) in [7, 11) is 0. The molecule has 1 fully saturated rings. The molecular weight excluding hydrogens is 188 g/mol. The predicted octanol–water partition coefficient (Wildman–Crippen LogP) is 2.79. The zero-order valence-corrected chi connectivity index (χ0v) is 9.99. The number of cyclic esters (lactones) is 1. The fourth-order valence-electron chi connectivity index (χ4n) is 3.51. The maximum absolute atomic E-state index is 11.6. The van der Waals surface area contributed by atoms with Gasteiger partial charge in [0.05, 0.1) is 5.92 Å². The summed E-state index contributed by atoms with van der Waals surface area (Å²) in [5.74, 6) is 1.59. The molecule has 0 radical (unpaired) electrons. The van der Waals surface area contributed by atoms with Crippen molar-refractivity contribution in [3.8, 4) is 0 Å². The minimum Gasteiger partial charge on any atom is -0.462 e. The molecular formula is C13H20O2. The lowest BCUT2D eigenvalue weighted by molar-refractivity contribution is -0.142. The second-order valence-corrected chi connectivity index (χ2v) is 5.03. The van der Waals surface area contributed by atoms with E-state index >= 15 is 0 Å². The van der Waals surface area contributed by atoms with Gasteiger partial charge in [0.15, 0.2) is 0 Å². The van der Waals surface area contributed by atoms with Gasteiger partial charge in [-0.2, -0.15) is 0 Å². The number of fused-ring (bicyclic) bond motifs is 1. The van der Waals surface area contributed by atoms with Gasteiger partial charge < -0.3 is 4.74 Å². The lowest BCUT2D eigenvalue weighted by atomic mass is 9.67. The molecule has 0 saturated carbocycles. The average molecular weight is 208 g/mol. The van der Waals surface area contributed by atoms with Crippen LogP contribution in [0.4, 0.5) is 0 Å². The molecule has 15 heavy (non-hydrogen) atoms. The Morgan fingerprint density at radius 2 is 2.07 bits per heavy atom. The summed E-state index contributed by atoms with van der Waals surface area (Å²) >= 11 is 0. The molecule has 0 N–H and O–H groups in total. The van der Waals surface area contributed by atoms with Gasteiger partial charge in [-0.1, -0.05) is 25.5 Å². The van der Waals surface area contributed by atoms with Crippen LogP contribution in [0, 0.1) is 23.7 Å². The number of allylic oxidation sites excluding steroid dienone is 1. The summed E-state index contributed by atoms with van der Waals surface area (Å²) in [5, 5.41) is 0. The van der Waals surface area contributed by atoms with E-state index in [1.54, 1.807) is 0 Å². The summed E-state index contributed by atoms with van der Waals surface area (Å²) in [6.07, 6.45) is 3.40. The number of carbonyl (C=O) groups excluding carboxylic acids is 1. The second kappa shape index (κ2) is 3.66. The van der Waals surface area contributed by atoms with Crippen LogP contribution < -0.4 is 0 Å². The van der Waals surface area contributed by atoms with E-state index in [1.165, 1.54) is 5.57 Å². The zero-order valence-electron chi connectivity index (χ0n) is 9.99. The van der Waals surface area contributed by atoms with Crippen LogP contribution in [0.2, 0.25) is 0 Å². The van der Waals surface area contributed by atoms with Crippen LogP contribution in [0.15, 0.2) is 11.6 Å². The van der Waals surface area contributed by atoms with Gasteiger partial charge in [-0.25, -0.2) is 0 Å². The fraction of sp³-hybridized carbons (Fsp3) is 0.769. The Bertz CT molecular complexity index is 306. The minimum atomic E-state index is -0.0201. The Balaban J connectivity index is 2.34. The number of hydrogen-bond donors (Lipinski definition) is 0. The Morgan fingerprint density at radius 1 is 1.40 bits per heavy atom. The van der Waals surface area contributed by atoms with Gasteiger partial charge in [0.25, 0.3) is 0 Å². The van der Waals surface area contributed by atoms with E-state index in [-0.39, 0.29) is 18.0 Å². The lowest BCUT2D eigenvalue weighted by Gasteiger charge is -2.36. The molecule has 1 aliphatic carbocycles. The molecule has 0 bridgehead atoms. The van der Waals surface area contributed by atoms with Gasteiger partial charge in [0, 0.05) is 5.92 Å². The fourth-order valence-corrected chi connectivity index (χ4v) is 3.51. The molecule has 0 aromatic heterocycles. The van der Waals surface area contributed by atoms with Gasteiger partial charge in [-0.15, -0.1) is 0 Å². The quantitative estimate of drug-likeness (QED) is 0.489. The maximum atomic E-state index is 11.6. The van der Waals surface area contributed by atoms with Crippen LogP contribution in [0.25, 0.3) is 0 Å². The van der Waals surface area contributed by atoms with Crippen molar-refractivity contribution in [2.75, 3.05) is 0 Å². The third-order valence-electron chi connectivity index (χ3n) is 4.24. The van der Waals surface area contributed by atoms with Gasteiger partial charge >= 0.3 is 5.97 Å². The van der Waals surface area contributed by atoms with Crippen molar-refractivity contribution in [1.82, 2.24) is 0 Å². The van der Waals surface area contributed by atoms with E-state index in [4.69, 9.17) is 4.74 Å². The molecule has 1 heterocycles. The SMILES string of the molecule is CC[C@@H]1C(C)=C[C@H]2C(=O)O[C@H](C)[C@H]2[C@H]1C. The van der Waals surface area contributed by atoms with Gasteiger partial charge in [0.2, 0.25) is 0 Å². The van der Waals surface area contributed by atoms with Crippen molar-refractivity contribution in [3.63, 3.8) is 0 Å². The van der Waals surface area contributed by atoms with Crippen LogP contribution >= 0.6 is 0 Å². The Hall–Kier alpha value is -0.790. The monoisotopic (exact) mass is 208 g/mol. The Kier molecular flexibility index (Phi) is 2.61. The molecule has 0 spiro atoms. The molecule has 2 aliphatic rings. The largest absolute Gasteiger partial charge is 0.462 e. The minimum absolute atomic E-state index is 0.0201. The molecule has 2 nitrogen and oxygen atoms in total. The highest BCUT2D eigenvalue weighted by Crippen LogP contribution is 2.45. The third kappa shape index (κ3) is 1.51. The van der Waals surface area contributed by atoms with Gasteiger partial charge in [-0.05, 0) is 32.1 Å². The molecule has 2 rings (SSSR count). The third-order valence-corrected chi connectivity index (χ3v) is 4.24. The predicted molar refractivity (Wildman–Crippen MR) is 59.2 cm³/mol. The van der Waals surface area contributed by atoms with Crippen LogP contribution in [0.1, 0.15) is 34.1 Å². The van der Waals surface area contributed by atoms with Crippen LogP contribution in [0.3, 0.4) is 0 Å². The van der Waals surface area contributed by atoms with Crippen molar-refractivity contribution in [1.29, 1.82) is 0 Å². The second-order valence-electron chi connectivity index (χ2n) is 5.03. The number of rotatable bonds is 1. The molecule has 1 saturated heterocycles. The van der Waals surface area contributed by atoms with Gasteiger partial charge in [0.1, 0.15) is 6.10 Å². The topological polar surface area (TPSA) is 26.3 Å². The maximum Gasteiger partial charge on any atom is 0.313 e. The highest BCUT2D eigenvalue weighted by atomic mass is 16.6. The summed E-state index contributed by atoms with van der Waals surface area (Å²) in [6.45, 7) is 8.67. The molecule has 84 valence electrons. The standard InChI is InChI=1S/C13H20O2/c1-5-10-7(2)6-11-12(8(10)3)9(4)15-13(11)14/h6,8-12H,5H2,1-4H3/t8-,9+,10+,11+,12+/m0/s1. The van der Waals surface area contributed by atoms with Crippen molar-refractivity contribution in [2.45, 2.75) is 40.2 Å². The van der Waals surface area contributed by atoms with Crippen LogP contribution in [-0.2, 0) is 9.53 Å². The number of carbonyl (C=O) groups is 1. The highest BCUT2D eigenvalue weighted by molar-refractivity contribution is 5.77. The van der Waals surface area contributed by atoms with Crippen LogP contribution in [-0.4, -0.2) is 12.1 Å². The lowest BCUT2D eigenvalue weighted by Crippen LogP contribution is -2.34. The molecule has 0 unspecified atom stereocenters. The van der Waals surface area contributed by atoms with Crippen molar-refractivity contribution < 1.29 is 9.53 Å². The van der Waals surface area contributed by atoms with Crippen molar-refractivity contribution in [2.24, 2.45) is 23.7 Å². The smallest absolute Gasteiger partial charge is 0.313 e. The number of esters is 1. The Labute approximate surface area is 91.7 Å². The Morgan fingerprint density at radius 3 is 2.67 bits per heavy atom. The molecule has 1 aliphatic heterocycles. The normalized spacial score (nSPS) is 44.7. The summed E-state index contributed by atoms with van der Waals surface area (Å²) in [5.41, 5.74) is 1.37. The van der Waals surface area contributed by atoms with E-state index in [1.807, 2.05) is 6.92 Å². The molecule has 5 atom stereocenters. The first kappa shape index (κ1) is 10.7. The first-order chi connectivity index (χ1) is 7.06. The molecule has 0 aromatic carbocycles. The first-order valence-corrected chi connectivity index (χ1v) is 5.95. The first-order valence-electron chi connectivity index (χ1n) is 5.95. The summed E-state index contributed by atoms with van der Waals surface area (Å²) in [4.78, 5) is 11.6. The zero-order chi connectivity index (χ0) is 11.2. The number of hydrogen-bond acceptors (Lipinski definition) is 2. The summed E-state index contributed by atoms with van der Waals surface area (Å²) < 4.78 is 5.34. The van der Waals surface area contributed by atoms with E-state index in [0.29, 0.717) is 17.8 Å².